The third-order valence-electron chi connectivity index (χ3n) is 7.58. The quantitative estimate of drug-likeness (QED) is 0.128. The Morgan fingerprint density at radius 3 is 0.969 bits per heavy atom. The van der Waals surface area contributed by atoms with Crippen molar-refractivity contribution in [3.8, 4) is 0 Å². The van der Waals surface area contributed by atoms with E-state index < -0.39 is 0 Å². The molecule has 0 saturated carbocycles. The second-order valence-electron chi connectivity index (χ2n) is 12.4. The van der Waals surface area contributed by atoms with Crippen molar-refractivity contribution in [2.45, 2.75) is 170 Å². The molecule has 0 aliphatic carbocycles. The van der Waals surface area contributed by atoms with Crippen LogP contribution in [-0.4, -0.2) is 0 Å². The molecule has 0 heteroatoms. The number of unbranched alkanes of at least 4 members (excludes halogenated alkanes) is 8. The Bertz CT molecular complexity index is 355. The summed E-state index contributed by atoms with van der Waals surface area (Å²) in [5.74, 6) is 4.32. The van der Waals surface area contributed by atoms with Crippen LogP contribution in [0.25, 0.3) is 0 Å². The molecule has 1 radical (unpaired) electrons. The van der Waals surface area contributed by atoms with Crippen molar-refractivity contribution in [3.05, 3.63) is 6.92 Å². The van der Waals surface area contributed by atoms with Crippen LogP contribution in [0.1, 0.15) is 170 Å². The van der Waals surface area contributed by atoms with Gasteiger partial charge in [0.05, 0.1) is 0 Å². The van der Waals surface area contributed by atoms with Crippen molar-refractivity contribution in [2.75, 3.05) is 0 Å². The van der Waals surface area contributed by atoms with E-state index in [-0.39, 0.29) is 0 Å². The van der Waals surface area contributed by atoms with Crippen LogP contribution >= 0.6 is 0 Å². The highest BCUT2D eigenvalue weighted by Gasteiger charge is 2.07. The van der Waals surface area contributed by atoms with Crippen molar-refractivity contribution in [3.63, 3.8) is 0 Å². The van der Waals surface area contributed by atoms with Crippen LogP contribution in [0.4, 0.5) is 0 Å². The first-order valence-electron chi connectivity index (χ1n) is 15.1. The molecule has 0 aromatic rings. The van der Waals surface area contributed by atoms with E-state index >= 15 is 0 Å². The van der Waals surface area contributed by atoms with E-state index in [9.17, 15) is 0 Å². The molecule has 0 bridgehead atoms. The van der Waals surface area contributed by atoms with E-state index in [0.29, 0.717) is 5.92 Å². The summed E-state index contributed by atoms with van der Waals surface area (Å²) in [5, 5.41) is 0. The Morgan fingerprint density at radius 2 is 0.594 bits per heavy atom. The maximum atomic E-state index is 4.45. The first-order chi connectivity index (χ1) is 15.3. The van der Waals surface area contributed by atoms with Gasteiger partial charge in [-0.3, -0.25) is 0 Å². The monoisotopic (exact) mass is 450 g/mol. The van der Waals surface area contributed by atoms with Gasteiger partial charge in [-0.25, -0.2) is 0 Å². The molecule has 0 fully saturated rings. The lowest BCUT2D eigenvalue weighted by Crippen LogP contribution is -2.00. The lowest BCUT2D eigenvalue weighted by molar-refractivity contribution is 0.400. The molecule has 0 aliphatic rings. The largest absolute Gasteiger partial charge is 0.0628 e. The minimum atomic E-state index is 0.697. The zero-order valence-electron chi connectivity index (χ0n) is 23.7. The van der Waals surface area contributed by atoms with Gasteiger partial charge in [0.25, 0.3) is 0 Å². The van der Waals surface area contributed by atoms with E-state index in [1.807, 2.05) is 0 Å². The third-order valence-corrected chi connectivity index (χ3v) is 7.58. The van der Waals surface area contributed by atoms with Crippen LogP contribution in [0, 0.1) is 36.5 Å². The van der Waals surface area contributed by atoms with Gasteiger partial charge in [-0.1, -0.05) is 177 Å². The molecule has 0 spiro atoms. The molecule has 0 heterocycles. The highest BCUT2D eigenvalue weighted by Crippen LogP contribution is 2.23. The van der Waals surface area contributed by atoms with E-state index in [1.54, 1.807) is 0 Å². The van der Waals surface area contributed by atoms with E-state index in [0.717, 1.165) is 23.7 Å². The van der Waals surface area contributed by atoms with Gasteiger partial charge in [-0.05, 0) is 29.6 Å². The van der Waals surface area contributed by atoms with Crippen molar-refractivity contribution < 1.29 is 0 Å². The first kappa shape index (κ1) is 32.0. The van der Waals surface area contributed by atoms with Crippen LogP contribution in [0.5, 0.6) is 0 Å². The Hall–Kier alpha value is 0. The SMILES string of the molecule is [CH2]C(CCCCC(C)CCCCCCCC(C)C)CCCCC(C)CCCCCC(C)C. The van der Waals surface area contributed by atoms with Crippen LogP contribution in [0.3, 0.4) is 0 Å². The van der Waals surface area contributed by atoms with Gasteiger partial charge in [-0.15, -0.1) is 0 Å². The van der Waals surface area contributed by atoms with Crippen LogP contribution < -0.4 is 0 Å². The van der Waals surface area contributed by atoms with Crippen LogP contribution in [0.2, 0.25) is 0 Å². The minimum Gasteiger partial charge on any atom is -0.0628 e. The van der Waals surface area contributed by atoms with Crippen molar-refractivity contribution >= 4 is 0 Å². The van der Waals surface area contributed by atoms with Crippen molar-refractivity contribution in [2.24, 2.45) is 29.6 Å². The molecule has 0 rings (SSSR count). The Labute approximate surface area is 206 Å². The smallest absolute Gasteiger partial charge is 0.0414 e. The van der Waals surface area contributed by atoms with Crippen molar-refractivity contribution in [1.82, 2.24) is 0 Å². The average molecular weight is 450 g/mol. The molecule has 0 aliphatic heterocycles. The Balaban J connectivity index is 3.42. The fourth-order valence-corrected chi connectivity index (χ4v) is 5.08. The summed E-state index contributed by atoms with van der Waals surface area (Å²) in [6.45, 7) is 18.8. The first-order valence-corrected chi connectivity index (χ1v) is 15.1. The molecule has 0 amide bonds. The fraction of sp³-hybridized carbons (Fsp3) is 0.969. The minimum absolute atomic E-state index is 0.697. The summed E-state index contributed by atoms with van der Waals surface area (Å²) in [7, 11) is 0. The number of rotatable bonds is 24. The van der Waals surface area contributed by atoms with Gasteiger partial charge in [0.1, 0.15) is 0 Å². The van der Waals surface area contributed by atoms with Gasteiger partial charge >= 0.3 is 0 Å². The summed E-state index contributed by atoms with van der Waals surface area (Å²) in [5.41, 5.74) is 0. The molecule has 0 aromatic heterocycles. The normalized spacial score (nSPS) is 14.9. The van der Waals surface area contributed by atoms with Crippen molar-refractivity contribution in [1.29, 1.82) is 0 Å². The molecular formula is C32H65. The highest BCUT2D eigenvalue weighted by molar-refractivity contribution is 4.64. The lowest BCUT2D eigenvalue weighted by atomic mass is 9.91. The molecule has 3 unspecified atom stereocenters. The zero-order valence-corrected chi connectivity index (χ0v) is 23.7. The molecule has 193 valence electrons. The number of hydrogen-bond acceptors (Lipinski definition) is 0. The standard InChI is InChI=1S/C32H65/c1-28(2)20-12-9-8-10-14-22-30(5)24-16-18-26-32(7)27-19-17-25-31(6)23-15-11-13-21-29(3)4/h28-32H,7-27H2,1-6H3. The topological polar surface area (TPSA) is 0 Å². The van der Waals surface area contributed by atoms with E-state index in [4.69, 9.17) is 0 Å². The summed E-state index contributed by atoms with van der Waals surface area (Å²) in [6.07, 6.45) is 28.6. The predicted octanol–water partition coefficient (Wildman–Crippen LogP) is 11.8. The molecule has 0 N–H and O–H groups in total. The van der Waals surface area contributed by atoms with Gasteiger partial charge in [0.2, 0.25) is 0 Å². The summed E-state index contributed by atoms with van der Waals surface area (Å²) >= 11 is 0. The molecular weight excluding hydrogens is 384 g/mol. The predicted molar refractivity (Wildman–Crippen MR) is 149 cm³/mol. The maximum absolute atomic E-state index is 4.45. The summed E-state index contributed by atoms with van der Waals surface area (Å²) in [4.78, 5) is 0. The van der Waals surface area contributed by atoms with Crippen LogP contribution in [-0.2, 0) is 0 Å². The molecule has 32 heavy (non-hydrogen) atoms. The Kier molecular flexibility index (Phi) is 22.8. The fourth-order valence-electron chi connectivity index (χ4n) is 5.08. The second-order valence-corrected chi connectivity index (χ2v) is 12.4. The van der Waals surface area contributed by atoms with Gasteiger partial charge in [-0.2, -0.15) is 0 Å². The third kappa shape index (κ3) is 24.6. The van der Waals surface area contributed by atoms with E-state index in [1.165, 1.54) is 128 Å². The highest BCUT2D eigenvalue weighted by atomic mass is 14.1. The number of hydrogen-bond donors (Lipinski definition) is 0. The molecule has 0 nitrogen and oxygen atoms in total. The maximum Gasteiger partial charge on any atom is -0.0414 e. The summed E-state index contributed by atoms with van der Waals surface area (Å²) < 4.78 is 0. The summed E-state index contributed by atoms with van der Waals surface area (Å²) in [6, 6.07) is 0. The van der Waals surface area contributed by atoms with Gasteiger partial charge < -0.3 is 0 Å². The molecule has 0 aromatic carbocycles. The molecule has 3 atom stereocenters. The van der Waals surface area contributed by atoms with Gasteiger partial charge in [0.15, 0.2) is 0 Å². The van der Waals surface area contributed by atoms with Crippen LogP contribution in [0.15, 0.2) is 0 Å². The van der Waals surface area contributed by atoms with Gasteiger partial charge in [0, 0.05) is 0 Å². The molecule has 0 saturated heterocycles. The average Bonchev–Trinajstić information content (AvgIpc) is 2.73. The second kappa shape index (κ2) is 22.8. The lowest BCUT2D eigenvalue weighted by Gasteiger charge is -2.15. The van der Waals surface area contributed by atoms with E-state index in [2.05, 4.69) is 48.5 Å². The zero-order chi connectivity index (χ0) is 24.0. The Morgan fingerprint density at radius 1 is 0.344 bits per heavy atom.